The highest BCUT2D eigenvalue weighted by molar-refractivity contribution is 7.88. The van der Waals surface area contributed by atoms with Crippen molar-refractivity contribution in [3.63, 3.8) is 0 Å². The molecule has 0 aliphatic carbocycles. The summed E-state index contributed by atoms with van der Waals surface area (Å²) in [6.07, 6.45) is 2.05. The minimum absolute atomic E-state index is 0.170. The van der Waals surface area contributed by atoms with Crippen molar-refractivity contribution < 1.29 is 22.5 Å². The molecule has 10 heteroatoms. The first-order valence-electron chi connectivity index (χ1n) is 7.21. The highest BCUT2D eigenvalue weighted by Gasteiger charge is 2.28. The van der Waals surface area contributed by atoms with E-state index in [1.54, 1.807) is 13.0 Å². The molecule has 1 fully saturated rings. The standard InChI is InChI=1S/C13H20N4O5S/c1-9-7-11(16-22-9)15-12(18)8-14-13(19)10-3-5-17(6-4-10)23(2,20)21/h7,10H,3-6,8H2,1-2H3,(H,14,19)(H,15,16,18). The molecule has 0 bridgehead atoms. The van der Waals surface area contributed by atoms with Crippen LogP contribution in [0.25, 0.3) is 0 Å². The second-order valence-electron chi connectivity index (χ2n) is 5.53. The number of aryl methyl sites for hydroxylation is 1. The predicted octanol–water partition coefficient (Wildman–Crippen LogP) is -0.291. The SMILES string of the molecule is Cc1cc(NC(=O)CNC(=O)C2CCN(S(C)(=O)=O)CC2)no1. The van der Waals surface area contributed by atoms with Crippen molar-refractivity contribution in [2.45, 2.75) is 19.8 Å². The van der Waals surface area contributed by atoms with Crippen LogP contribution in [-0.4, -0.2) is 55.6 Å². The zero-order valence-corrected chi connectivity index (χ0v) is 13.9. The first kappa shape index (κ1) is 17.4. The van der Waals surface area contributed by atoms with Gasteiger partial charge in [0.25, 0.3) is 0 Å². The summed E-state index contributed by atoms with van der Waals surface area (Å²) in [6.45, 7) is 2.17. The molecule has 1 aliphatic rings. The lowest BCUT2D eigenvalue weighted by molar-refractivity contribution is -0.128. The molecule has 0 aromatic carbocycles. The molecule has 1 aliphatic heterocycles. The number of carbonyl (C=O) groups excluding carboxylic acids is 2. The minimum atomic E-state index is -3.21. The Kier molecular flexibility index (Phi) is 5.37. The maximum absolute atomic E-state index is 12.0. The first-order valence-corrected chi connectivity index (χ1v) is 9.06. The van der Waals surface area contributed by atoms with Crippen molar-refractivity contribution in [3.05, 3.63) is 11.8 Å². The van der Waals surface area contributed by atoms with Crippen LogP contribution in [0.2, 0.25) is 0 Å². The Bertz CT molecular complexity index is 676. The predicted molar refractivity (Wildman–Crippen MR) is 82.0 cm³/mol. The average molecular weight is 344 g/mol. The van der Waals surface area contributed by atoms with Crippen LogP contribution in [-0.2, 0) is 19.6 Å². The summed E-state index contributed by atoms with van der Waals surface area (Å²) in [5.41, 5.74) is 0. The van der Waals surface area contributed by atoms with E-state index in [-0.39, 0.29) is 18.4 Å². The molecule has 2 heterocycles. The van der Waals surface area contributed by atoms with Crippen LogP contribution in [0.15, 0.2) is 10.6 Å². The third-order valence-electron chi connectivity index (χ3n) is 3.61. The van der Waals surface area contributed by atoms with Crippen LogP contribution in [0.3, 0.4) is 0 Å². The molecule has 0 radical (unpaired) electrons. The molecule has 0 unspecified atom stereocenters. The number of nitrogens with zero attached hydrogens (tertiary/aromatic N) is 2. The summed E-state index contributed by atoms with van der Waals surface area (Å²) in [7, 11) is -3.21. The lowest BCUT2D eigenvalue weighted by atomic mass is 9.97. The van der Waals surface area contributed by atoms with E-state index in [1.165, 1.54) is 4.31 Å². The van der Waals surface area contributed by atoms with Crippen LogP contribution >= 0.6 is 0 Å². The molecule has 1 aromatic heterocycles. The van der Waals surface area contributed by atoms with E-state index in [2.05, 4.69) is 15.8 Å². The zero-order valence-electron chi connectivity index (χ0n) is 13.0. The van der Waals surface area contributed by atoms with E-state index in [9.17, 15) is 18.0 Å². The Balaban J connectivity index is 1.74. The molecule has 128 valence electrons. The number of hydrogen-bond acceptors (Lipinski definition) is 6. The van der Waals surface area contributed by atoms with Gasteiger partial charge in [-0.2, -0.15) is 0 Å². The number of aromatic nitrogens is 1. The van der Waals surface area contributed by atoms with Gasteiger partial charge < -0.3 is 15.2 Å². The third-order valence-corrected chi connectivity index (χ3v) is 4.92. The van der Waals surface area contributed by atoms with Crippen molar-refractivity contribution in [3.8, 4) is 0 Å². The number of anilines is 1. The van der Waals surface area contributed by atoms with Gasteiger partial charge in [0.1, 0.15) is 5.76 Å². The number of nitrogens with one attached hydrogen (secondary N) is 2. The second kappa shape index (κ2) is 7.09. The second-order valence-corrected chi connectivity index (χ2v) is 7.51. The Morgan fingerprint density at radius 3 is 2.57 bits per heavy atom. The smallest absolute Gasteiger partial charge is 0.245 e. The fraction of sp³-hybridized carbons (Fsp3) is 0.615. The van der Waals surface area contributed by atoms with E-state index in [1.807, 2.05) is 0 Å². The Hall–Kier alpha value is -1.94. The molecule has 0 atom stereocenters. The van der Waals surface area contributed by atoms with Crippen LogP contribution in [0.1, 0.15) is 18.6 Å². The summed E-state index contributed by atoms with van der Waals surface area (Å²) >= 11 is 0. The van der Waals surface area contributed by atoms with Crippen molar-refractivity contribution in [1.82, 2.24) is 14.8 Å². The monoisotopic (exact) mass is 344 g/mol. The molecule has 0 spiro atoms. The molecular formula is C13H20N4O5S. The van der Waals surface area contributed by atoms with Gasteiger partial charge >= 0.3 is 0 Å². The number of piperidine rings is 1. The van der Waals surface area contributed by atoms with Gasteiger partial charge in [0.2, 0.25) is 21.8 Å². The minimum Gasteiger partial charge on any atom is -0.360 e. The third kappa shape index (κ3) is 5.03. The maximum atomic E-state index is 12.0. The first-order chi connectivity index (χ1) is 10.8. The topological polar surface area (TPSA) is 122 Å². The van der Waals surface area contributed by atoms with Crippen molar-refractivity contribution in [1.29, 1.82) is 0 Å². The summed E-state index contributed by atoms with van der Waals surface area (Å²) in [5.74, 6) is -0.0647. The van der Waals surface area contributed by atoms with Gasteiger partial charge in [-0.1, -0.05) is 5.16 Å². The lowest BCUT2D eigenvalue weighted by Gasteiger charge is -2.29. The normalized spacial score (nSPS) is 17.0. The van der Waals surface area contributed by atoms with E-state index in [4.69, 9.17) is 4.52 Å². The van der Waals surface area contributed by atoms with Crippen LogP contribution in [0.4, 0.5) is 5.82 Å². The van der Waals surface area contributed by atoms with Gasteiger partial charge in [-0.25, -0.2) is 12.7 Å². The van der Waals surface area contributed by atoms with Crippen molar-refractivity contribution >= 4 is 27.7 Å². The molecule has 0 saturated carbocycles. The maximum Gasteiger partial charge on any atom is 0.245 e. The van der Waals surface area contributed by atoms with Crippen LogP contribution in [0, 0.1) is 12.8 Å². The summed E-state index contributed by atoms with van der Waals surface area (Å²) in [5, 5.41) is 8.68. The number of hydrogen-bond donors (Lipinski definition) is 2. The number of carbonyl (C=O) groups is 2. The lowest BCUT2D eigenvalue weighted by Crippen LogP contribution is -2.44. The van der Waals surface area contributed by atoms with E-state index in [0.29, 0.717) is 37.5 Å². The Labute approximate surface area is 134 Å². The van der Waals surface area contributed by atoms with E-state index >= 15 is 0 Å². The quantitative estimate of drug-likeness (QED) is 0.757. The van der Waals surface area contributed by atoms with Gasteiger partial charge in [0.05, 0.1) is 12.8 Å². The highest BCUT2D eigenvalue weighted by atomic mass is 32.2. The van der Waals surface area contributed by atoms with Crippen LogP contribution in [0.5, 0.6) is 0 Å². The molecule has 9 nitrogen and oxygen atoms in total. The highest BCUT2D eigenvalue weighted by Crippen LogP contribution is 2.19. The number of amides is 2. The van der Waals surface area contributed by atoms with Gasteiger partial charge in [-0.05, 0) is 19.8 Å². The van der Waals surface area contributed by atoms with Gasteiger partial charge in [-0.15, -0.1) is 0 Å². The summed E-state index contributed by atoms with van der Waals surface area (Å²) in [6, 6.07) is 1.57. The van der Waals surface area contributed by atoms with Gasteiger partial charge in [0.15, 0.2) is 5.82 Å². The van der Waals surface area contributed by atoms with Crippen molar-refractivity contribution in [2.24, 2.45) is 5.92 Å². The molecule has 23 heavy (non-hydrogen) atoms. The van der Waals surface area contributed by atoms with Gasteiger partial charge in [-0.3, -0.25) is 9.59 Å². The molecule has 2 N–H and O–H groups in total. The van der Waals surface area contributed by atoms with E-state index < -0.39 is 15.9 Å². The average Bonchev–Trinajstić information content (AvgIpc) is 2.89. The number of sulfonamides is 1. The molecule has 2 amide bonds. The molecule has 1 saturated heterocycles. The summed E-state index contributed by atoms with van der Waals surface area (Å²) < 4.78 is 29.0. The van der Waals surface area contributed by atoms with Crippen molar-refractivity contribution in [2.75, 3.05) is 31.2 Å². The Morgan fingerprint density at radius 2 is 2.04 bits per heavy atom. The molecule has 2 rings (SSSR count). The molecular weight excluding hydrogens is 324 g/mol. The Morgan fingerprint density at radius 1 is 1.39 bits per heavy atom. The fourth-order valence-corrected chi connectivity index (χ4v) is 3.25. The molecule has 1 aromatic rings. The zero-order chi connectivity index (χ0) is 17.0. The van der Waals surface area contributed by atoms with Crippen LogP contribution < -0.4 is 10.6 Å². The fourth-order valence-electron chi connectivity index (χ4n) is 2.37. The number of rotatable bonds is 5. The summed E-state index contributed by atoms with van der Waals surface area (Å²) in [4.78, 5) is 23.7. The van der Waals surface area contributed by atoms with E-state index in [0.717, 1.165) is 6.26 Å². The largest absolute Gasteiger partial charge is 0.360 e. The van der Waals surface area contributed by atoms with Gasteiger partial charge in [0, 0.05) is 25.1 Å².